The van der Waals surface area contributed by atoms with Crippen LogP contribution >= 0.6 is 0 Å². The predicted molar refractivity (Wildman–Crippen MR) is 95.2 cm³/mol. The van der Waals surface area contributed by atoms with E-state index in [1.54, 1.807) is 0 Å². The Morgan fingerprint density at radius 2 is 2.04 bits per heavy atom. The molecule has 1 aromatic carbocycles. The van der Waals surface area contributed by atoms with Crippen molar-refractivity contribution in [2.24, 2.45) is 11.8 Å². The Kier molecular flexibility index (Phi) is 4.90. The molecule has 6 heteroatoms. The van der Waals surface area contributed by atoms with Crippen LogP contribution in [-0.4, -0.2) is 67.1 Å². The van der Waals surface area contributed by atoms with E-state index in [9.17, 15) is 9.90 Å². The van der Waals surface area contributed by atoms with E-state index in [1.165, 1.54) is 0 Å². The Balaban J connectivity index is 1.59. The van der Waals surface area contributed by atoms with Gasteiger partial charge in [-0.1, -0.05) is 0 Å². The number of benzene rings is 1. The molecular weight excluding hydrogens is 334 g/mol. The van der Waals surface area contributed by atoms with Gasteiger partial charge < -0.3 is 24.2 Å². The first-order valence-corrected chi connectivity index (χ1v) is 9.55. The first-order valence-electron chi connectivity index (χ1n) is 9.55. The molecule has 3 fully saturated rings. The lowest BCUT2D eigenvalue weighted by Crippen LogP contribution is -2.68. The number of nitrogens with zero attached hydrogens (tertiary/aromatic N) is 1. The summed E-state index contributed by atoms with van der Waals surface area (Å²) in [6, 6.07) is 7.33. The Labute approximate surface area is 154 Å². The van der Waals surface area contributed by atoms with E-state index in [0.29, 0.717) is 51.6 Å². The summed E-state index contributed by atoms with van der Waals surface area (Å²) in [7, 11) is 0. The highest BCUT2D eigenvalue weighted by Gasteiger charge is 2.56. The minimum atomic E-state index is -0.793. The second-order valence-electron chi connectivity index (χ2n) is 7.47. The quantitative estimate of drug-likeness (QED) is 0.888. The fourth-order valence-corrected chi connectivity index (χ4v) is 4.72. The predicted octanol–water partition coefficient (Wildman–Crippen LogP) is 1.71. The summed E-state index contributed by atoms with van der Waals surface area (Å²) in [6.45, 7) is 5.27. The van der Waals surface area contributed by atoms with Gasteiger partial charge in [-0.2, -0.15) is 0 Å². The monoisotopic (exact) mass is 361 g/mol. The number of ether oxygens (including phenoxy) is 3. The van der Waals surface area contributed by atoms with Crippen LogP contribution in [0.4, 0.5) is 0 Å². The average molecular weight is 361 g/mol. The van der Waals surface area contributed by atoms with Gasteiger partial charge in [0.1, 0.15) is 5.75 Å². The van der Waals surface area contributed by atoms with E-state index in [2.05, 4.69) is 0 Å². The molecule has 4 atom stereocenters. The molecule has 0 unspecified atom stereocenters. The van der Waals surface area contributed by atoms with Crippen molar-refractivity contribution < 1.29 is 24.1 Å². The van der Waals surface area contributed by atoms with E-state index in [-0.39, 0.29) is 23.8 Å². The van der Waals surface area contributed by atoms with Crippen LogP contribution in [-0.2, 0) is 9.47 Å². The fraction of sp³-hybridized carbons (Fsp3) is 0.650. The summed E-state index contributed by atoms with van der Waals surface area (Å²) in [5.41, 5.74) is -0.139. The number of piperidine rings is 1. The van der Waals surface area contributed by atoms with Gasteiger partial charge in [0.05, 0.1) is 25.4 Å². The Morgan fingerprint density at radius 1 is 1.27 bits per heavy atom. The number of amides is 1. The van der Waals surface area contributed by atoms with Crippen molar-refractivity contribution in [2.75, 3.05) is 39.6 Å². The second kappa shape index (κ2) is 7.18. The molecule has 0 radical (unpaired) electrons. The lowest BCUT2D eigenvalue weighted by Gasteiger charge is -2.57. The maximum atomic E-state index is 13.2. The van der Waals surface area contributed by atoms with E-state index < -0.39 is 5.60 Å². The normalized spacial score (nSPS) is 33.9. The zero-order valence-corrected chi connectivity index (χ0v) is 15.2. The SMILES string of the molecule is CCOc1ccc(C(=O)N2C[C@H]3COCC[C@@]3(O)[C@@H]3COCC[C@@H]32)cc1. The molecule has 3 aliphatic heterocycles. The van der Waals surface area contributed by atoms with Crippen molar-refractivity contribution in [2.45, 2.75) is 31.4 Å². The number of hydrogen-bond donors (Lipinski definition) is 1. The third-order valence-electron chi connectivity index (χ3n) is 6.13. The number of carbonyl (C=O) groups excluding carboxylic acids is 1. The molecule has 0 aliphatic carbocycles. The van der Waals surface area contributed by atoms with Gasteiger partial charge >= 0.3 is 0 Å². The summed E-state index contributed by atoms with van der Waals surface area (Å²) in [5.74, 6) is 0.663. The molecular formula is C20H27NO5. The van der Waals surface area contributed by atoms with Crippen molar-refractivity contribution in [1.29, 1.82) is 0 Å². The zero-order chi connectivity index (χ0) is 18.1. The van der Waals surface area contributed by atoms with E-state index in [4.69, 9.17) is 14.2 Å². The molecule has 0 bridgehead atoms. The van der Waals surface area contributed by atoms with Crippen LogP contribution in [0, 0.1) is 11.8 Å². The number of fused-ring (bicyclic) bond motifs is 3. The zero-order valence-electron chi connectivity index (χ0n) is 15.2. The molecule has 0 saturated carbocycles. The van der Waals surface area contributed by atoms with Crippen LogP contribution in [0.15, 0.2) is 24.3 Å². The van der Waals surface area contributed by atoms with Gasteiger partial charge in [0.15, 0.2) is 0 Å². The molecule has 1 aromatic rings. The lowest BCUT2D eigenvalue weighted by molar-refractivity contribution is -0.212. The highest BCUT2D eigenvalue weighted by atomic mass is 16.5. The number of rotatable bonds is 3. The minimum Gasteiger partial charge on any atom is -0.494 e. The van der Waals surface area contributed by atoms with Crippen molar-refractivity contribution in [1.82, 2.24) is 4.90 Å². The van der Waals surface area contributed by atoms with Crippen molar-refractivity contribution in [3.05, 3.63) is 29.8 Å². The second-order valence-corrected chi connectivity index (χ2v) is 7.47. The standard InChI is InChI=1S/C20H27NO5/c1-2-26-16-5-3-14(4-6-16)19(22)21-11-15-12-25-10-8-20(15,23)17-13-24-9-7-18(17)21/h3-6,15,17-18,23H,2,7-13H2,1H3/t15-,17+,18-,20-/m0/s1. The van der Waals surface area contributed by atoms with Crippen LogP contribution < -0.4 is 4.74 Å². The number of hydrogen-bond acceptors (Lipinski definition) is 5. The molecule has 6 nitrogen and oxygen atoms in total. The summed E-state index contributed by atoms with van der Waals surface area (Å²) in [6.07, 6.45) is 1.39. The summed E-state index contributed by atoms with van der Waals surface area (Å²) >= 11 is 0. The molecule has 26 heavy (non-hydrogen) atoms. The topological polar surface area (TPSA) is 68.2 Å². The number of carbonyl (C=O) groups is 1. The first-order chi connectivity index (χ1) is 12.6. The van der Waals surface area contributed by atoms with Crippen LogP contribution in [0.2, 0.25) is 0 Å². The van der Waals surface area contributed by atoms with Gasteiger partial charge in [-0.05, 0) is 37.6 Å². The molecule has 0 spiro atoms. The van der Waals surface area contributed by atoms with Crippen LogP contribution in [0.5, 0.6) is 5.75 Å². The largest absolute Gasteiger partial charge is 0.494 e. The van der Waals surface area contributed by atoms with Crippen molar-refractivity contribution >= 4 is 5.91 Å². The van der Waals surface area contributed by atoms with Gasteiger partial charge in [-0.25, -0.2) is 0 Å². The molecule has 1 N–H and O–H groups in total. The van der Waals surface area contributed by atoms with Gasteiger partial charge in [0.2, 0.25) is 0 Å². The third-order valence-corrected chi connectivity index (χ3v) is 6.13. The van der Waals surface area contributed by atoms with Crippen LogP contribution in [0.3, 0.4) is 0 Å². The highest BCUT2D eigenvalue weighted by Crippen LogP contribution is 2.44. The smallest absolute Gasteiger partial charge is 0.254 e. The summed E-state index contributed by atoms with van der Waals surface area (Å²) in [5, 5.41) is 11.3. The summed E-state index contributed by atoms with van der Waals surface area (Å²) in [4.78, 5) is 15.2. The Morgan fingerprint density at radius 3 is 2.81 bits per heavy atom. The molecule has 3 saturated heterocycles. The van der Waals surface area contributed by atoms with E-state index >= 15 is 0 Å². The Bertz CT molecular complexity index is 648. The van der Waals surface area contributed by atoms with Gasteiger partial charge in [-0.3, -0.25) is 4.79 Å². The molecule has 3 aliphatic rings. The Hall–Kier alpha value is -1.63. The van der Waals surface area contributed by atoms with E-state index in [1.807, 2.05) is 36.1 Å². The third kappa shape index (κ3) is 3.00. The van der Waals surface area contributed by atoms with Gasteiger partial charge in [0.25, 0.3) is 5.91 Å². The lowest BCUT2D eigenvalue weighted by atomic mass is 9.66. The highest BCUT2D eigenvalue weighted by molar-refractivity contribution is 5.94. The van der Waals surface area contributed by atoms with E-state index in [0.717, 1.165) is 12.2 Å². The van der Waals surface area contributed by atoms with Crippen molar-refractivity contribution in [3.63, 3.8) is 0 Å². The fourth-order valence-electron chi connectivity index (χ4n) is 4.72. The number of likely N-dealkylation sites (tertiary alicyclic amines) is 1. The van der Waals surface area contributed by atoms with Gasteiger partial charge in [0, 0.05) is 49.6 Å². The minimum absolute atomic E-state index is 0.0116. The maximum absolute atomic E-state index is 13.2. The number of aliphatic hydroxyl groups is 1. The van der Waals surface area contributed by atoms with Crippen LogP contribution in [0.1, 0.15) is 30.1 Å². The van der Waals surface area contributed by atoms with Crippen molar-refractivity contribution in [3.8, 4) is 5.75 Å². The van der Waals surface area contributed by atoms with Gasteiger partial charge in [-0.15, -0.1) is 0 Å². The molecule has 0 aromatic heterocycles. The van der Waals surface area contributed by atoms with Crippen LogP contribution in [0.25, 0.3) is 0 Å². The maximum Gasteiger partial charge on any atom is 0.254 e. The molecule has 142 valence electrons. The first kappa shape index (κ1) is 17.8. The molecule has 1 amide bonds. The molecule has 4 rings (SSSR count). The molecule has 3 heterocycles. The summed E-state index contributed by atoms with van der Waals surface area (Å²) < 4.78 is 16.7. The average Bonchev–Trinajstić information content (AvgIpc) is 2.68.